The molecule has 0 saturated carbocycles. The lowest BCUT2D eigenvalue weighted by molar-refractivity contribution is 0.767. The first-order chi connectivity index (χ1) is 8.78. The molecule has 0 aliphatic heterocycles. The van der Waals surface area contributed by atoms with Crippen molar-refractivity contribution in [3.05, 3.63) is 29.8 Å². The molecule has 18 heavy (non-hydrogen) atoms. The molecule has 0 aliphatic carbocycles. The van der Waals surface area contributed by atoms with Crippen molar-refractivity contribution in [1.82, 2.24) is 19.7 Å². The van der Waals surface area contributed by atoms with Crippen molar-refractivity contribution in [2.45, 2.75) is 33.6 Å². The highest BCUT2D eigenvalue weighted by atomic mass is 15.3. The van der Waals surface area contributed by atoms with Crippen LogP contribution < -0.4 is 5.32 Å². The van der Waals surface area contributed by atoms with Crippen molar-refractivity contribution in [3.8, 4) is 5.82 Å². The Bertz CT molecular complexity index is 518. The van der Waals surface area contributed by atoms with Gasteiger partial charge in [-0.3, -0.25) is 4.98 Å². The zero-order valence-corrected chi connectivity index (χ0v) is 11.1. The van der Waals surface area contributed by atoms with Crippen LogP contribution >= 0.6 is 0 Å². The van der Waals surface area contributed by atoms with Crippen LogP contribution in [0.2, 0.25) is 0 Å². The fourth-order valence-corrected chi connectivity index (χ4v) is 1.82. The Morgan fingerprint density at radius 3 is 2.67 bits per heavy atom. The topological polar surface area (TPSA) is 55.6 Å². The SMILES string of the molecule is CCNc1cncc(-n2nc(CC)cc2CC)n1. The second-order valence-corrected chi connectivity index (χ2v) is 4.04. The summed E-state index contributed by atoms with van der Waals surface area (Å²) in [6, 6.07) is 2.13. The normalized spacial score (nSPS) is 10.6. The number of hydrogen-bond donors (Lipinski definition) is 1. The van der Waals surface area contributed by atoms with E-state index in [0.717, 1.165) is 42.4 Å². The van der Waals surface area contributed by atoms with Gasteiger partial charge in [-0.1, -0.05) is 13.8 Å². The zero-order chi connectivity index (χ0) is 13.0. The summed E-state index contributed by atoms with van der Waals surface area (Å²) in [6.07, 6.45) is 5.33. The number of nitrogens with zero attached hydrogens (tertiary/aromatic N) is 4. The van der Waals surface area contributed by atoms with Gasteiger partial charge in [0, 0.05) is 12.2 Å². The monoisotopic (exact) mass is 245 g/mol. The molecule has 2 aromatic heterocycles. The molecule has 0 radical (unpaired) electrons. The Balaban J connectivity index is 2.40. The van der Waals surface area contributed by atoms with Gasteiger partial charge >= 0.3 is 0 Å². The van der Waals surface area contributed by atoms with Gasteiger partial charge in [0.1, 0.15) is 5.82 Å². The molecule has 0 aromatic carbocycles. The number of aromatic nitrogens is 4. The van der Waals surface area contributed by atoms with Crippen molar-refractivity contribution in [3.63, 3.8) is 0 Å². The minimum Gasteiger partial charge on any atom is -0.369 e. The lowest BCUT2D eigenvalue weighted by Gasteiger charge is -2.07. The quantitative estimate of drug-likeness (QED) is 0.877. The van der Waals surface area contributed by atoms with Crippen LogP contribution in [0.4, 0.5) is 5.82 Å². The van der Waals surface area contributed by atoms with E-state index in [0.29, 0.717) is 0 Å². The lowest BCUT2D eigenvalue weighted by atomic mass is 10.3. The van der Waals surface area contributed by atoms with Crippen LogP contribution in [0.5, 0.6) is 0 Å². The smallest absolute Gasteiger partial charge is 0.174 e. The van der Waals surface area contributed by atoms with Crippen molar-refractivity contribution in [1.29, 1.82) is 0 Å². The van der Waals surface area contributed by atoms with E-state index in [1.165, 1.54) is 0 Å². The van der Waals surface area contributed by atoms with Gasteiger partial charge in [0.25, 0.3) is 0 Å². The van der Waals surface area contributed by atoms with E-state index in [2.05, 4.69) is 40.3 Å². The first-order valence-corrected chi connectivity index (χ1v) is 6.42. The van der Waals surface area contributed by atoms with Gasteiger partial charge in [-0.25, -0.2) is 9.67 Å². The Labute approximate surface area is 107 Å². The van der Waals surface area contributed by atoms with E-state index in [1.54, 1.807) is 12.4 Å². The molecule has 0 atom stereocenters. The number of rotatable bonds is 5. The van der Waals surface area contributed by atoms with Crippen LogP contribution in [0.3, 0.4) is 0 Å². The highest BCUT2D eigenvalue weighted by Gasteiger charge is 2.09. The molecule has 96 valence electrons. The molecular formula is C13H19N5. The molecule has 0 bridgehead atoms. The molecule has 5 nitrogen and oxygen atoms in total. The van der Waals surface area contributed by atoms with Crippen LogP contribution in [-0.4, -0.2) is 26.3 Å². The molecule has 0 saturated heterocycles. The van der Waals surface area contributed by atoms with Crippen molar-refractivity contribution in [2.75, 3.05) is 11.9 Å². The molecule has 0 aliphatic rings. The second-order valence-electron chi connectivity index (χ2n) is 4.04. The predicted octanol–water partition coefficient (Wildman–Crippen LogP) is 2.22. The van der Waals surface area contributed by atoms with Gasteiger partial charge in [0.15, 0.2) is 5.82 Å². The van der Waals surface area contributed by atoms with Gasteiger partial charge in [0.2, 0.25) is 0 Å². The van der Waals surface area contributed by atoms with Gasteiger partial charge in [0.05, 0.1) is 18.1 Å². The fourth-order valence-electron chi connectivity index (χ4n) is 1.82. The highest BCUT2D eigenvalue weighted by molar-refractivity contribution is 5.36. The molecule has 5 heteroatoms. The first-order valence-electron chi connectivity index (χ1n) is 6.42. The number of anilines is 1. The molecule has 1 N–H and O–H groups in total. The van der Waals surface area contributed by atoms with E-state index < -0.39 is 0 Å². The third kappa shape index (κ3) is 2.50. The summed E-state index contributed by atoms with van der Waals surface area (Å²) in [7, 11) is 0. The maximum Gasteiger partial charge on any atom is 0.174 e. The average Bonchev–Trinajstić information content (AvgIpc) is 2.83. The molecule has 2 heterocycles. The summed E-state index contributed by atoms with van der Waals surface area (Å²) in [6.45, 7) is 7.09. The van der Waals surface area contributed by atoms with Crippen LogP contribution in [-0.2, 0) is 12.8 Å². The summed E-state index contributed by atoms with van der Waals surface area (Å²) in [5.41, 5.74) is 2.25. The van der Waals surface area contributed by atoms with Crippen LogP contribution in [0.15, 0.2) is 18.5 Å². The fraction of sp³-hybridized carbons (Fsp3) is 0.462. The largest absolute Gasteiger partial charge is 0.369 e. The molecule has 0 fully saturated rings. The van der Waals surface area contributed by atoms with E-state index in [-0.39, 0.29) is 0 Å². The van der Waals surface area contributed by atoms with Crippen molar-refractivity contribution < 1.29 is 0 Å². The molecule has 2 rings (SSSR count). The third-order valence-corrected chi connectivity index (χ3v) is 2.75. The Kier molecular flexibility index (Phi) is 3.92. The highest BCUT2D eigenvalue weighted by Crippen LogP contribution is 2.13. The van der Waals surface area contributed by atoms with E-state index >= 15 is 0 Å². The lowest BCUT2D eigenvalue weighted by Crippen LogP contribution is -2.07. The average molecular weight is 245 g/mol. The Hall–Kier alpha value is -1.91. The van der Waals surface area contributed by atoms with Crippen LogP contribution in [0, 0.1) is 0 Å². The number of hydrogen-bond acceptors (Lipinski definition) is 4. The maximum absolute atomic E-state index is 4.56. The summed E-state index contributed by atoms with van der Waals surface area (Å²) in [5, 5.41) is 7.72. The Morgan fingerprint density at radius 1 is 1.17 bits per heavy atom. The standard InChI is InChI=1S/C13H19N5/c1-4-10-7-11(5-2)18(17-10)13-9-14-8-12(16-13)15-6-3/h7-9H,4-6H2,1-3H3,(H,15,16). The first kappa shape index (κ1) is 12.5. The summed E-state index contributed by atoms with van der Waals surface area (Å²) < 4.78 is 1.88. The van der Waals surface area contributed by atoms with Gasteiger partial charge in [-0.05, 0) is 25.8 Å². The Morgan fingerprint density at radius 2 is 2.00 bits per heavy atom. The van der Waals surface area contributed by atoms with E-state index in [9.17, 15) is 0 Å². The molecule has 0 amide bonds. The third-order valence-electron chi connectivity index (χ3n) is 2.75. The summed E-state index contributed by atoms with van der Waals surface area (Å²) in [4.78, 5) is 8.72. The van der Waals surface area contributed by atoms with Gasteiger partial charge in [-0.15, -0.1) is 0 Å². The molecular weight excluding hydrogens is 226 g/mol. The predicted molar refractivity (Wildman–Crippen MR) is 72.1 cm³/mol. The van der Waals surface area contributed by atoms with Crippen LogP contribution in [0.25, 0.3) is 5.82 Å². The van der Waals surface area contributed by atoms with Crippen molar-refractivity contribution in [2.24, 2.45) is 0 Å². The molecule has 0 spiro atoms. The van der Waals surface area contributed by atoms with Gasteiger partial charge in [-0.2, -0.15) is 5.10 Å². The number of nitrogens with one attached hydrogen (secondary N) is 1. The summed E-state index contributed by atoms with van der Waals surface area (Å²) >= 11 is 0. The molecule has 0 unspecified atom stereocenters. The minimum absolute atomic E-state index is 0.769. The summed E-state index contributed by atoms with van der Waals surface area (Å²) in [5.74, 6) is 1.55. The second kappa shape index (κ2) is 5.62. The van der Waals surface area contributed by atoms with E-state index in [4.69, 9.17) is 0 Å². The zero-order valence-electron chi connectivity index (χ0n) is 11.1. The van der Waals surface area contributed by atoms with E-state index in [1.807, 2.05) is 11.6 Å². The van der Waals surface area contributed by atoms with Gasteiger partial charge < -0.3 is 5.32 Å². The molecule has 2 aromatic rings. The minimum atomic E-state index is 0.769. The van der Waals surface area contributed by atoms with Crippen molar-refractivity contribution >= 4 is 5.82 Å². The number of aryl methyl sites for hydroxylation is 2. The maximum atomic E-state index is 4.56. The van der Waals surface area contributed by atoms with Crippen LogP contribution in [0.1, 0.15) is 32.2 Å².